The number of hydrogen-bond donors (Lipinski definition) is 0. The van der Waals surface area contributed by atoms with Gasteiger partial charge in [0.1, 0.15) is 22.3 Å². The highest BCUT2D eigenvalue weighted by Crippen LogP contribution is 2.27. The van der Waals surface area contributed by atoms with Gasteiger partial charge in [-0.15, -0.1) is 11.3 Å². The van der Waals surface area contributed by atoms with Crippen molar-refractivity contribution in [3.63, 3.8) is 0 Å². The third-order valence-electron chi connectivity index (χ3n) is 2.04. The normalized spacial score (nSPS) is 12.0. The van der Waals surface area contributed by atoms with Gasteiger partial charge in [0.15, 0.2) is 6.10 Å². The predicted octanol–water partition coefficient (Wildman–Crippen LogP) is 2.24. The average Bonchev–Trinajstić information content (AvgIpc) is 2.84. The van der Waals surface area contributed by atoms with Gasteiger partial charge in [-0.25, -0.2) is 9.97 Å². The van der Waals surface area contributed by atoms with Crippen LogP contribution in [0.5, 0.6) is 0 Å². The summed E-state index contributed by atoms with van der Waals surface area (Å²) in [6.45, 7) is 1.53. The van der Waals surface area contributed by atoms with Crippen molar-refractivity contribution >= 4 is 39.3 Å². The first-order valence-electron chi connectivity index (χ1n) is 5.11. The van der Waals surface area contributed by atoms with Crippen molar-refractivity contribution in [3.05, 3.63) is 17.8 Å². The molecule has 0 unspecified atom stereocenters. The number of fused-ring (bicyclic) bond motifs is 1. The van der Waals surface area contributed by atoms with Crippen LogP contribution in [0.3, 0.4) is 0 Å². The van der Waals surface area contributed by atoms with E-state index < -0.39 is 12.1 Å². The van der Waals surface area contributed by atoms with Crippen molar-refractivity contribution in [1.82, 2.24) is 9.97 Å². The van der Waals surface area contributed by atoms with E-state index in [1.165, 1.54) is 36.3 Å². The van der Waals surface area contributed by atoms with Gasteiger partial charge in [-0.1, -0.05) is 11.8 Å². The molecule has 0 bridgehead atoms. The molecule has 2 aromatic rings. The number of thioether (sulfide) groups is 1. The number of carbonyl (C=O) groups excluding carboxylic acids is 1. The number of aromatic nitrogens is 2. The molecule has 0 aromatic carbocycles. The zero-order valence-corrected chi connectivity index (χ0v) is 11.1. The Kier molecular flexibility index (Phi) is 4.12. The van der Waals surface area contributed by atoms with Gasteiger partial charge in [0, 0.05) is 5.39 Å². The van der Waals surface area contributed by atoms with Gasteiger partial charge in [0.05, 0.1) is 5.75 Å². The summed E-state index contributed by atoms with van der Waals surface area (Å²) in [5.74, 6) is -0.287. The minimum atomic E-state index is -0.718. The van der Waals surface area contributed by atoms with E-state index in [0.29, 0.717) is 0 Å². The summed E-state index contributed by atoms with van der Waals surface area (Å²) in [4.78, 5) is 20.6. The fourth-order valence-corrected chi connectivity index (χ4v) is 2.83. The highest BCUT2D eigenvalue weighted by atomic mass is 32.2. The molecule has 0 amide bonds. The maximum Gasteiger partial charge on any atom is 0.317 e. The van der Waals surface area contributed by atoms with Crippen molar-refractivity contribution in [2.75, 3.05) is 5.75 Å². The lowest BCUT2D eigenvalue weighted by molar-refractivity contribution is -0.142. The molecule has 0 saturated carbocycles. The molecular formula is C11H9N3O2S2. The lowest BCUT2D eigenvalue weighted by atomic mass is 10.4. The zero-order valence-electron chi connectivity index (χ0n) is 9.49. The fourth-order valence-electron chi connectivity index (χ4n) is 1.27. The Bertz CT molecular complexity index is 606. The summed E-state index contributed by atoms with van der Waals surface area (Å²) < 4.78 is 4.85. The van der Waals surface area contributed by atoms with Gasteiger partial charge in [0.25, 0.3) is 0 Å². The lowest BCUT2D eigenvalue weighted by Crippen LogP contribution is -2.14. The van der Waals surface area contributed by atoms with E-state index >= 15 is 0 Å². The smallest absolute Gasteiger partial charge is 0.317 e. The van der Waals surface area contributed by atoms with Crippen molar-refractivity contribution in [3.8, 4) is 6.07 Å². The highest BCUT2D eigenvalue weighted by Gasteiger charge is 2.11. The van der Waals surface area contributed by atoms with Crippen LogP contribution >= 0.6 is 23.1 Å². The van der Waals surface area contributed by atoms with Gasteiger partial charge in [-0.05, 0) is 18.4 Å². The Morgan fingerprint density at radius 2 is 2.50 bits per heavy atom. The molecule has 18 heavy (non-hydrogen) atoms. The summed E-state index contributed by atoms with van der Waals surface area (Å²) in [5, 5.41) is 12.2. The number of ether oxygens (including phenoxy) is 1. The van der Waals surface area contributed by atoms with Crippen molar-refractivity contribution < 1.29 is 9.53 Å². The molecule has 7 heteroatoms. The molecule has 0 N–H and O–H groups in total. The third-order valence-corrected chi connectivity index (χ3v) is 3.84. The molecule has 0 saturated heterocycles. The minimum Gasteiger partial charge on any atom is -0.447 e. The van der Waals surface area contributed by atoms with E-state index in [4.69, 9.17) is 10.00 Å². The van der Waals surface area contributed by atoms with E-state index in [1.807, 2.05) is 17.5 Å². The van der Waals surface area contributed by atoms with Crippen LogP contribution in [0.1, 0.15) is 6.92 Å². The number of nitriles is 1. The van der Waals surface area contributed by atoms with Gasteiger partial charge >= 0.3 is 5.97 Å². The number of carbonyl (C=O) groups is 1. The average molecular weight is 279 g/mol. The molecule has 2 aromatic heterocycles. The van der Waals surface area contributed by atoms with E-state index in [0.717, 1.165) is 15.2 Å². The minimum absolute atomic E-state index is 0.133. The van der Waals surface area contributed by atoms with Gasteiger partial charge in [-0.2, -0.15) is 5.26 Å². The quantitative estimate of drug-likeness (QED) is 0.485. The van der Waals surface area contributed by atoms with Crippen molar-refractivity contribution in [2.45, 2.75) is 18.1 Å². The summed E-state index contributed by atoms with van der Waals surface area (Å²) in [6.07, 6.45) is 0.759. The second kappa shape index (κ2) is 5.80. The Balaban J connectivity index is 2.00. The van der Waals surface area contributed by atoms with Crippen LogP contribution in [0.25, 0.3) is 10.2 Å². The Morgan fingerprint density at radius 1 is 1.67 bits per heavy atom. The lowest BCUT2D eigenvalue weighted by Gasteiger charge is -2.05. The summed E-state index contributed by atoms with van der Waals surface area (Å²) in [6, 6.07) is 3.77. The first-order chi connectivity index (χ1) is 8.70. The predicted molar refractivity (Wildman–Crippen MR) is 69.3 cm³/mol. The van der Waals surface area contributed by atoms with Crippen LogP contribution in [0.4, 0.5) is 0 Å². The molecular weight excluding hydrogens is 270 g/mol. The Morgan fingerprint density at radius 3 is 3.28 bits per heavy atom. The molecule has 0 spiro atoms. The van der Waals surface area contributed by atoms with Crippen LogP contribution in [0.2, 0.25) is 0 Å². The van der Waals surface area contributed by atoms with Crippen LogP contribution in [-0.2, 0) is 9.53 Å². The van der Waals surface area contributed by atoms with Crippen LogP contribution in [0, 0.1) is 11.3 Å². The second-order valence-corrected chi connectivity index (χ2v) is 5.23. The Hall–Kier alpha value is -1.65. The maximum absolute atomic E-state index is 11.4. The van der Waals surface area contributed by atoms with E-state index in [-0.39, 0.29) is 5.75 Å². The van der Waals surface area contributed by atoms with Crippen molar-refractivity contribution in [1.29, 1.82) is 5.26 Å². The van der Waals surface area contributed by atoms with Crippen LogP contribution in [0.15, 0.2) is 22.8 Å². The summed E-state index contributed by atoms with van der Waals surface area (Å²) >= 11 is 2.81. The molecule has 2 rings (SSSR count). The number of esters is 1. The molecule has 0 fully saturated rings. The fraction of sp³-hybridized carbons (Fsp3) is 0.273. The summed E-state index contributed by atoms with van der Waals surface area (Å²) in [5.41, 5.74) is 0. The van der Waals surface area contributed by atoms with E-state index in [1.54, 1.807) is 0 Å². The first-order valence-corrected chi connectivity index (χ1v) is 6.97. The number of nitrogens with zero attached hydrogens (tertiary/aromatic N) is 3. The van der Waals surface area contributed by atoms with E-state index in [9.17, 15) is 4.79 Å². The SMILES string of the molecule is C[C@@H](C#N)OC(=O)CSc1ncnc2sccc12. The van der Waals surface area contributed by atoms with Gasteiger partial charge in [0.2, 0.25) is 0 Å². The number of hydrogen-bond acceptors (Lipinski definition) is 7. The number of rotatable bonds is 4. The summed E-state index contributed by atoms with van der Waals surface area (Å²) in [7, 11) is 0. The molecule has 1 atom stereocenters. The maximum atomic E-state index is 11.4. The molecule has 2 heterocycles. The standard InChI is InChI=1S/C11H9N3O2S2/c1-7(4-12)16-9(15)5-18-11-8-2-3-17-10(8)13-6-14-11/h2-3,6-7H,5H2,1H3/t7-/m0/s1. The first kappa shape index (κ1) is 12.8. The second-order valence-electron chi connectivity index (χ2n) is 3.37. The van der Waals surface area contributed by atoms with Gasteiger partial charge < -0.3 is 4.74 Å². The Labute approximate surface area is 112 Å². The largest absolute Gasteiger partial charge is 0.447 e. The molecule has 0 aliphatic carbocycles. The van der Waals surface area contributed by atoms with Gasteiger partial charge in [-0.3, -0.25) is 4.79 Å². The molecule has 0 aliphatic heterocycles. The topological polar surface area (TPSA) is 75.9 Å². The van der Waals surface area contributed by atoms with Crippen molar-refractivity contribution in [2.24, 2.45) is 0 Å². The molecule has 92 valence electrons. The van der Waals surface area contributed by atoms with Crippen LogP contribution < -0.4 is 0 Å². The van der Waals surface area contributed by atoms with E-state index in [2.05, 4.69) is 9.97 Å². The number of thiophene rings is 1. The molecule has 5 nitrogen and oxygen atoms in total. The highest BCUT2D eigenvalue weighted by molar-refractivity contribution is 8.00. The molecule has 0 aliphatic rings. The third kappa shape index (κ3) is 2.97. The zero-order chi connectivity index (χ0) is 13.0. The van der Waals surface area contributed by atoms with Crippen LogP contribution in [-0.4, -0.2) is 27.8 Å². The monoisotopic (exact) mass is 279 g/mol. The molecule has 0 radical (unpaired) electrons.